The van der Waals surface area contributed by atoms with Gasteiger partial charge in [-0.25, -0.2) is 4.39 Å². The van der Waals surface area contributed by atoms with Gasteiger partial charge in [0.25, 0.3) is 5.91 Å². The lowest BCUT2D eigenvalue weighted by Crippen LogP contribution is -2.42. The Morgan fingerprint density at radius 2 is 2.22 bits per heavy atom. The minimum absolute atomic E-state index is 0.0429. The van der Waals surface area contributed by atoms with Crippen LogP contribution in [-0.2, 0) is 4.79 Å². The Morgan fingerprint density at radius 3 is 2.96 bits per heavy atom. The average Bonchev–Trinajstić information content (AvgIpc) is 2.98. The van der Waals surface area contributed by atoms with Crippen LogP contribution in [0.2, 0.25) is 0 Å². The van der Waals surface area contributed by atoms with E-state index < -0.39 is 11.7 Å². The van der Waals surface area contributed by atoms with Crippen molar-refractivity contribution in [3.05, 3.63) is 34.1 Å². The van der Waals surface area contributed by atoms with Crippen molar-refractivity contribution in [1.29, 1.82) is 0 Å². The van der Waals surface area contributed by atoms with Crippen molar-refractivity contribution in [2.75, 3.05) is 26.7 Å². The molecule has 2 amide bonds. The molecule has 1 heterocycles. The van der Waals surface area contributed by atoms with E-state index >= 15 is 0 Å². The van der Waals surface area contributed by atoms with Crippen LogP contribution >= 0.6 is 15.9 Å². The minimum atomic E-state index is -0.471. The van der Waals surface area contributed by atoms with Crippen molar-refractivity contribution < 1.29 is 14.0 Å². The second-order valence-electron chi connectivity index (χ2n) is 5.57. The largest absolute Gasteiger partial charge is 0.351 e. The predicted octanol–water partition coefficient (Wildman–Crippen LogP) is 1.92. The highest BCUT2D eigenvalue weighted by Gasteiger charge is 2.27. The molecule has 5 nitrogen and oxygen atoms in total. The smallest absolute Gasteiger partial charge is 0.252 e. The number of likely N-dealkylation sites (N-methyl/N-ethyl adjacent to an activating group) is 1. The Balaban J connectivity index is 1.83. The van der Waals surface area contributed by atoms with Crippen LogP contribution in [0, 0.1) is 5.82 Å². The van der Waals surface area contributed by atoms with Crippen molar-refractivity contribution in [2.45, 2.75) is 25.3 Å². The summed E-state index contributed by atoms with van der Waals surface area (Å²) in [7, 11) is 1.87. The van der Waals surface area contributed by atoms with Crippen LogP contribution in [0.25, 0.3) is 0 Å². The molecule has 0 aliphatic carbocycles. The molecule has 1 fully saturated rings. The molecule has 1 saturated heterocycles. The molecule has 0 bridgehead atoms. The zero-order valence-corrected chi connectivity index (χ0v) is 14.7. The van der Waals surface area contributed by atoms with E-state index in [2.05, 4.69) is 26.6 Å². The van der Waals surface area contributed by atoms with Crippen LogP contribution in [0.5, 0.6) is 0 Å². The summed E-state index contributed by atoms with van der Waals surface area (Å²) in [4.78, 5) is 26.2. The molecule has 1 unspecified atom stereocenters. The van der Waals surface area contributed by atoms with Crippen molar-refractivity contribution in [1.82, 2.24) is 15.5 Å². The Kier molecular flexibility index (Phi) is 6.53. The van der Waals surface area contributed by atoms with Gasteiger partial charge >= 0.3 is 0 Å². The number of carbonyl (C=O) groups is 2. The van der Waals surface area contributed by atoms with Crippen LogP contribution < -0.4 is 10.6 Å². The molecule has 2 rings (SSSR count). The lowest BCUT2D eigenvalue weighted by molar-refractivity contribution is -0.131. The maximum Gasteiger partial charge on any atom is 0.252 e. The fraction of sp³-hybridized carbons (Fsp3) is 0.500. The molecule has 1 aromatic rings. The van der Waals surface area contributed by atoms with Crippen molar-refractivity contribution >= 4 is 27.7 Å². The zero-order valence-electron chi connectivity index (χ0n) is 13.1. The maximum absolute atomic E-state index is 13.2. The molecule has 1 atom stereocenters. The van der Waals surface area contributed by atoms with E-state index in [4.69, 9.17) is 0 Å². The topological polar surface area (TPSA) is 61.4 Å². The Bertz CT molecular complexity index is 582. The summed E-state index contributed by atoms with van der Waals surface area (Å²) in [6, 6.07) is 4.17. The lowest BCUT2D eigenvalue weighted by Gasteiger charge is -2.24. The number of hydrogen-bond acceptors (Lipinski definition) is 3. The van der Waals surface area contributed by atoms with Gasteiger partial charge in [0.1, 0.15) is 5.82 Å². The summed E-state index contributed by atoms with van der Waals surface area (Å²) in [6.07, 6.45) is 2.27. The van der Waals surface area contributed by atoms with E-state index in [9.17, 15) is 14.0 Å². The number of benzene rings is 1. The second kappa shape index (κ2) is 8.40. The van der Waals surface area contributed by atoms with E-state index in [-0.39, 0.29) is 30.5 Å². The van der Waals surface area contributed by atoms with Gasteiger partial charge in [-0.05, 0) is 54.0 Å². The first-order valence-corrected chi connectivity index (χ1v) is 8.49. The highest BCUT2D eigenvalue weighted by atomic mass is 79.9. The molecule has 7 heteroatoms. The van der Waals surface area contributed by atoms with Gasteiger partial charge in [0.15, 0.2) is 0 Å². The van der Waals surface area contributed by atoms with Gasteiger partial charge in [-0.2, -0.15) is 0 Å². The number of nitrogens with one attached hydrogen (secondary N) is 2. The van der Waals surface area contributed by atoms with Gasteiger partial charge < -0.3 is 15.5 Å². The molecule has 23 heavy (non-hydrogen) atoms. The fourth-order valence-electron chi connectivity index (χ4n) is 2.81. The van der Waals surface area contributed by atoms with Crippen LogP contribution in [0.1, 0.15) is 29.6 Å². The zero-order chi connectivity index (χ0) is 16.8. The third-order valence-electron chi connectivity index (χ3n) is 3.93. The first-order valence-electron chi connectivity index (χ1n) is 7.70. The van der Waals surface area contributed by atoms with E-state index in [1.165, 1.54) is 18.2 Å². The number of rotatable bonds is 6. The van der Waals surface area contributed by atoms with Crippen LogP contribution in [0.3, 0.4) is 0 Å². The number of nitrogens with zero attached hydrogens (tertiary/aromatic N) is 1. The normalized spacial score (nSPS) is 17.3. The molecule has 0 radical (unpaired) electrons. The molecule has 1 aromatic carbocycles. The first kappa shape index (κ1) is 17.9. The highest BCUT2D eigenvalue weighted by molar-refractivity contribution is 9.10. The summed E-state index contributed by atoms with van der Waals surface area (Å²) < 4.78 is 13.7. The predicted molar refractivity (Wildman–Crippen MR) is 89.7 cm³/mol. The van der Waals surface area contributed by atoms with Crippen molar-refractivity contribution in [2.24, 2.45) is 0 Å². The summed E-state index contributed by atoms with van der Waals surface area (Å²) in [5.41, 5.74) is 0.228. The van der Waals surface area contributed by atoms with Crippen LogP contribution in [0.15, 0.2) is 22.7 Å². The summed E-state index contributed by atoms with van der Waals surface area (Å²) in [5, 5.41) is 5.77. The number of carbonyl (C=O) groups excluding carboxylic acids is 2. The lowest BCUT2D eigenvalue weighted by atomic mass is 10.2. The standard InChI is InChI=1S/C16H21BrFN3O2/c1-19-10-12-3-2-8-21(12)15(22)6-7-20-16(23)13-9-11(18)4-5-14(13)17/h4-5,9,12,19H,2-3,6-8,10H2,1H3,(H,20,23). The minimum Gasteiger partial charge on any atom is -0.351 e. The molecular formula is C16H21BrFN3O2. The van der Waals surface area contributed by atoms with Crippen LogP contribution in [0.4, 0.5) is 4.39 Å². The Labute approximate surface area is 143 Å². The van der Waals surface area contributed by atoms with Gasteiger partial charge in [0.2, 0.25) is 5.91 Å². The fourth-order valence-corrected chi connectivity index (χ4v) is 3.23. The average molecular weight is 386 g/mol. The van der Waals surface area contributed by atoms with Gasteiger partial charge in [-0.3, -0.25) is 9.59 Å². The van der Waals surface area contributed by atoms with E-state index in [0.717, 1.165) is 25.9 Å². The van der Waals surface area contributed by atoms with E-state index in [0.29, 0.717) is 4.47 Å². The highest BCUT2D eigenvalue weighted by Crippen LogP contribution is 2.18. The van der Waals surface area contributed by atoms with E-state index in [1.54, 1.807) is 0 Å². The SMILES string of the molecule is CNCC1CCCN1C(=O)CCNC(=O)c1cc(F)ccc1Br. The quantitative estimate of drug-likeness (QED) is 0.786. The summed E-state index contributed by atoms with van der Waals surface area (Å²) >= 11 is 3.22. The number of hydrogen-bond donors (Lipinski definition) is 2. The van der Waals surface area contributed by atoms with E-state index in [1.807, 2.05) is 11.9 Å². The molecule has 0 aromatic heterocycles. The van der Waals surface area contributed by atoms with Gasteiger partial charge in [-0.1, -0.05) is 0 Å². The molecule has 0 saturated carbocycles. The first-order chi connectivity index (χ1) is 11.0. The molecule has 2 N–H and O–H groups in total. The van der Waals surface area contributed by atoms with Gasteiger partial charge in [0, 0.05) is 36.6 Å². The third kappa shape index (κ3) is 4.75. The third-order valence-corrected chi connectivity index (χ3v) is 4.63. The molecular weight excluding hydrogens is 365 g/mol. The van der Waals surface area contributed by atoms with Gasteiger partial charge in [0.05, 0.1) is 5.56 Å². The number of halogens is 2. The van der Waals surface area contributed by atoms with Crippen molar-refractivity contribution in [3.63, 3.8) is 0 Å². The summed E-state index contributed by atoms with van der Waals surface area (Å²) in [5.74, 6) is -0.819. The Morgan fingerprint density at radius 1 is 1.43 bits per heavy atom. The van der Waals surface area contributed by atoms with Gasteiger partial charge in [-0.15, -0.1) is 0 Å². The van der Waals surface area contributed by atoms with Crippen LogP contribution in [-0.4, -0.2) is 49.4 Å². The molecule has 0 spiro atoms. The second-order valence-corrected chi connectivity index (χ2v) is 6.43. The number of amides is 2. The monoisotopic (exact) mass is 385 g/mol. The number of likely N-dealkylation sites (tertiary alicyclic amines) is 1. The summed E-state index contributed by atoms with van der Waals surface area (Å²) in [6.45, 7) is 1.80. The molecule has 1 aliphatic heterocycles. The molecule has 126 valence electrons. The van der Waals surface area contributed by atoms with Crippen molar-refractivity contribution in [3.8, 4) is 0 Å². The maximum atomic E-state index is 13.2. The Hall–Kier alpha value is -1.47. The molecule has 1 aliphatic rings.